The Morgan fingerprint density at radius 1 is 1.07 bits per heavy atom. The quantitative estimate of drug-likeness (QED) is 0.169. The van der Waals surface area contributed by atoms with Crippen LogP contribution in [0.4, 0.5) is 0 Å². The SMILES string of the molecule is CC[C@](C)(NC(=O)[C@@H](N)CCCCOC(=O)c1ccccc1)C(=O)NC(Cc1ccc(C)cc1)C(=O)N1CCC[C@@H]1C(=O)O.Cl. The normalized spacial score (nSPS) is 16.8. The molecule has 4 atom stereocenters. The van der Waals surface area contributed by atoms with Gasteiger partial charge < -0.3 is 31.1 Å². The second-order valence-electron chi connectivity index (χ2n) is 11.5. The van der Waals surface area contributed by atoms with E-state index >= 15 is 0 Å². The topological polar surface area (TPSA) is 168 Å². The molecule has 1 aliphatic rings. The molecule has 0 saturated carbocycles. The molecule has 0 aliphatic carbocycles. The summed E-state index contributed by atoms with van der Waals surface area (Å²) < 4.78 is 5.26. The maximum atomic E-state index is 13.6. The van der Waals surface area contributed by atoms with Crippen LogP contribution in [0.3, 0.4) is 0 Å². The summed E-state index contributed by atoms with van der Waals surface area (Å²) in [5.74, 6) is -3.05. The average molecular weight is 645 g/mol. The Bertz CT molecular complexity index is 1310. The van der Waals surface area contributed by atoms with Crippen LogP contribution in [0.2, 0.25) is 0 Å². The molecule has 1 saturated heterocycles. The van der Waals surface area contributed by atoms with E-state index in [2.05, 4.69) is 10.6 Å². The molecule has 0 bridgehead atoms. The van der Waals surface area contributed by atoms with Gasteiger partial charge in [0.15, 0.2) is 0 Å². The van der Waals surface area contributed by atoms with Crippen molar-refractivity contribution in [2.45, 2.75) is 89.4 Å². The number of amides is 3. The number of likely N-dealkylation sites (tertiary alicyclic amines) is 1. The Labute approximate surface area is 270 Å². The number of benzene rings is 2. The second kappa shape index (κ2) is 17.5. The van der Waals surface area contributed by atoms with Crippen molar-refractivity contribution in [3.63, 3.8) is 0 Å². The lowest BCUT2D eigenvalue weighted by Crippen LogP contribution is -2.63. The molecule has 1 heterocycles. The zero-order valence-electron chi connectivity index (χ0n) is 26.1. The molecule has 1 aliphatic heterocycles. The Morgan fingerprint density at radius 2 is 1.73 bits per heavy atom. The largest absolute Gasteiger partial charge is 0.480 e. The van der Waals surface area contributed by atoms with Gasteiger partial charge in [-0.25, -0.2) is 9.59 Å². The molecule has 0 spiro atoms. The van der Waals surface area contributed by atoms with Crippen molar-refractivity contribution in [1.29, 1.82) is 0 Å². The fourth-order valence-electron chi connectivity index (χ4n) is 5.06. The van der Waals surface area contributed by atoms with Gasteiger partial charge in [0.2, 0.25) is 17.7 Å². The number of aliphatic carboxylic acids is 1. The first kappa shape index (κ1) is 37.2. The van der Waals surface area contributed by atoms with Crippen LogP contribution in [0, 0.1) is 6.92 Å². The number of carbonyl (C=O) groups is 5. The first-order valence-corrected chi connectivity index (χ1v) is 15.1. The minimum Gasteiger partial charge on any atom is -0.480 e. The van der Waals surface area contributed by atoms with E-state index in [4.69, 9.17) is 10.5 Å². The van der Waals surface area contributed by atoms with Crippen LogP contribution in [-0.2, 0) is 30.3 Å². The highest BCUT2D eigenvalue weighted by Gasteiger charge is 2.41. The van der Waals surface area contributed by atoms with Crippen LogP contribution in [0.15, 0.2) is 54.6 Å². The Balaban J connectivity index is 0.00000705. The number of halogens is 1. The standard InChI is InChI=1S/C33H44N4O7.ClH/c1-4-33(3,36-28(38)25(34)13-8-9-20-44-31(42)24-11-6-5-7-12-24)32(43)35-26(21-23-17-15-22(2)16-18-23)29(39)37-19-10-14-27(37)30(40)41;/h5-7,11-12,15-18,25-27H,4,8-10,13-14,19-21,34H2,1-3H3,(H,35,43)(H,36,38)(H,40,41);1H/t25-,26?,27+,33-;/m0./s1. The van der Waals surface area contributed by atoms with E-state index in [1.165, 1.54) is 4.90 Å². The monoisotopic (exact) mass is 644 g/mol. The Morgan fingerprint density at radius 3 is 2.36 bits per heavy atom. The molecule has 11 nitrogen and oxygen atoms in total. The zero-order chi connectivity index (χ0) is 32.3. The van der Waals surface area contributed by atoms with E-state index in [0.29, 0.717) is 37.7 Å². The van der Waals surface area contributed by atoms with E-state index < -0.39 is 53.3 Å². The number of nitrogens with two attached hydrogens (primary N) is 1. The number of ether oxygens (including phenoxy) is 1. The van der Waals surface area contributed by atoms with E-state index in [1.54, 1.807) is 38.1 Å². The molecule has 1 fully saturated rings. The number of nitrogens with one attached hydrogen (secondary N) is 2. The lowest BCUT2D eigenvalue weighted by Gasteiger charge is -2.33. The molecule has 12 heteroatoms. The third-order valence-electron chi connectivity index (χ3n) is 8.08. The molecule has 2 aromatic rings. The van der Waals surface area contributed by atoms with E-state index in [9.17, 15) is 29.1 Å². The number of aryl methyl sites for hydroxylation is 1. The molecule has 0 aromatic heterocycles. The van der Waals surface area contributed by atoms with Gasteiger partial charge in [0.05, 0.1) is 18.2 Å². The molecular formula is C33H45ClN4O7. The van der Waals surface area contributed by atoms with Crippen LogP contribution in [-0.4, -0.2) is 76.5 Å². The second-order valence-corrected chi connectivity index (χ2v) is 11.5. The predicted octanol–water partition coefficient (Wildman–Crippen LogP) is 3.16. The van der Waals surface area contributed by atoms with E-state index in [0.717, 1.165) is 11.1 Å². The summed E-state index contributed by atoms with van der Waals surface area (Å²) >= 11 is 0. The van der Waals surface area contributed by atoms with Crippen LogP contribution in [0.25, 0.3) is 0 Å². The number of nitrogens with zero attached hydrogens (tertiary/aromatic N) is 1. The summed E-state index contributed by atoms with van der Waals surface area (Å²) in [7, 11) is 0. The van der Waals surface area contributed by atoms with Crippen molar-refractivity contribution >= 4 is 42.1 Å². The van der Waals surface area contributed by atoms with Gasteiger partial charge in [0.25, 0.3) is 0 Å². The Hall–Kier alpha value is -3.96. The molecule has 1 unspecified atom stereocenters. The van der Waals surface area contributed by atoms with Gasteiger partial charge in [-0.2, -0.15) is 0 Å². The highest BCUT2D eigenvalue weighted by atomic mass is 35.5. The fourth-order valence-corrected chi connectivity index (χ4v) is 5.06. The zero-order valence-corrected chi connectivity index (χ0v) is 26.9. The molecule has 2 aromatic carbocycles. The van der Waals surface area contributed by atoms with Crippen molar-refractivity contribution < 1.29 is 33.8 Å². The molecule has 246 valence electrons. The van der Waals surface area contributed by atoms with Crippen molar-refractivity contribution in [1.82, 2.24) is 15.5 Å². The van der Waals surface area contributed by atoms with E-state index in [1.807, 2.05) is 37.3 Å². The minimum atomic E-state index is -1.37. The minimum absolute atomic E-state index is 0. The highest BCUT2D eigenvalue weighted by molar-refractivity contribution is 5.96. The predicted molar refractivity (Wildman–Crippen MR) is 172 cm³/mol. The van der Waals surface area contributed by atoms with E-state index in [-0.39, 0.29) is 38.4 Å². The maximum absolute atomic E-state index is 13.6. The summed E-state index contributed by atoms with van der Waals surface area (Å²) in [4.78, 5) is 65.4. The van der Waals surface area contributed by atoms with Crippen molar-refractivity contribution in [2.24, 2.45) is 5.73 Å². The van der Waals surface area contributed by atoms with Crippen LogP contribution in [0.5, 0.6) is 0 Å². The molecule has 0 radical (unpaired) electrons. The number of carboxylic acids is 1. The summed E-state index contributed by atoms with van der Waals surface area (Å²) in [6.45, 7) is 5.73. The third kappa shape index (κ3) is 10.6. The lowest BCUT2D eigenvalue weighted by atomic mass is 9.94. The number of hydrogen-bond donors (Lipinski definition) is 4. The number of hydrogen-bond acceptors (Lipinski definition) is 7. The summed E-state index contributed by atoms with van der Waals surface area (Å²) in [5, 5.41) is 15.2. The van der Waals surface area contributed by atoms with Gasteiger partial charge in [0.1, 0.15) is 17.6 Å². The first-order chi connectivity index (χ1) is 20.9. The summed E-state index contributed by atoms with van der Waals surface area (Å²) in [6, 6.07) is 13.3. The van der Waals surface area contributed by atoms with Gasteiger partial charge in [-0.15, -0.1) is 12.4 Å². The number of carboxylic acid groups (broad SMARTS) is 1. The first-order valence-electron chi connectivity index (χ1n) is 15.1. The Kier molecular flexibility index (Phi) is 14.5. The van der Waals surface area contributed by atoms with Gasteiger partial charge in [-0.05, 0) is 70.1 Å². The summed E-state index contributed by atoms with van der Waals surface area (Å²) in [6.07, 6.45) is 2.65. The van der Waals surface area contributed by atoms with Gasteiger partial charge >= 0.3 is 11.9 Å². The molecule has 3 amide bonds. The van der Waals surface area contributed by atoms with Crippen LogP contribution in [0.1, 0.15) is 73.9 Å². The van der Waals surface area contributed by atoms with Gasteiger partial charge in [-0.3, -0.25) is 14.4 Å². The van der Waals surface area contributed by atoms with Crippen molar-refractivity contribution in [3.8, 4) is 0 Å². The fraction of sp³-hybridized carbons (Fsp3) is 0.485. The number of esters is 1. The molecular weight excluding hydrogens is 600 g/mol. The van der Waals surface area contributed by atoms with Gasteiger partial charge in [0, 0.05) is 13.0 Å². The highest BCUT2D eigenvalue weighted by Crippen LogP contribution is 2.21. The van der Waals surface area contributed by atoms with Crippen molar-refractivity contribution in [2.75, 3.05) is 13.2 Å². The van der Waals surface area contributed by atoms with Crippen molar-refractivity contribution in [3.05, 3.63) is 71.3 Å². The molecule has 45 heavy (non-hydrogen) atoms. The van der Waals surface area contributed by atoms with Crippen LogP contribution < -0.4 is 16.4 Å². The van der Waals surface area contributed by atoms with Crippen LogP contribution >= 0.6 is 12.4 Å². The lowest BCUT2D eigenvalue weighted by molar-refractivity contribution is -0.149. The molecule has 5 N–H and O–H groups in total. The maximum Gasteiger partial charge on any atom is 0.338 e. The third-order valence-corrected chi connectivity index (χ3v) is 8.08. The molecule has 3 rings (SSSR count). The average Bonchev–Trinajstić information content (AvgIpc) is 3.52. The number of unbranched alkanes of at least 4 members (excludes halogenated alkanes) is 1. The number of carbonyl (C=O) groups excluding carboxylic acids is 4. The smallest absolute Gasteiger partial charge is 0.338 e. The van der Waals surface area contributed by atoms with Gasteiger partial charge in [-0.1, -0.05) is 55.0 Å². The summed E-state index contributed by atoms with van der Waals surface area (Å²) in [5.41, 5.74) is 7.07. The number of rotatable bonds is 15.